The maximum atomic E-state index is 13.2. The molecule has 0 atom stereocenters. The van der Waals surface area contributed by atoms with Gasteiger partial charge in [0.25, 0.3) is 11.8 Å². The first-order valence-corrected chi connectivity index (χ1v) is 9.69. The molecule has 3 aromatic rings. The predicted molar refractivity (Wildman–Crippen MR) is 120 cm³/mol. The molecular formula is C24H24N4O3. The van der Waals surface area contributed by atoms with E-state index in [0.29, 0.717) is 23.2 Å². The summed E-state index contributed by atoms with van der Waals surface area (Å²) in [4.78, 5) is 26.6. The van der Waals surface area contributed by atoms with Crippen molar-refractivity contribution in [3.8, 4) is 0 Å². The van der Waals surface area contributed by atoms with Crippen LogP contribution in [0.3, 0.4) is 0 Å². The summed E-state index contributed by atoms with van der Waals surface area (Å²) in [5.41, 5.74) is 5.11. The third kappa shape index (κ3) is 5.77. The summed E-state index contributed by atoms with van der Waals surface area (Å²) < 4.78 is 0. The van der Waals surface area contributed by atoms with Crippen LogP contribution in [-0.2, 0) is 6.54 Å². The lowest BCUT2D eigenvalue weighted by molar-refractivity contribution is 0.0706. The Morgan fingerprint density at radius 3 is 2.10 bits per heavy atom. The number of anilines is 1. The van der Waals surface area contributed by atoms with Gasteiger partial charge in [-0.1, -0.05) is 42.5 Å². The SMILES string of the molecule is CN(C)c1ccc(C(=O)N(Cc2ccccc2)/N=C/c2ccc(C(=O)NO)cc2)cc1. The van der Waals surface area contributed by atoms with Gasteiger partial charge in [0.1, 0.15) is 0 Å². The molecule has 0 aliphatic heterocycles. The van der Waals surface area contributed by atoms with E-state index in [9.17, 15) is 9.59 Å². The topological polar surface area (TPSA) is 85.2 Å². The summed E-state index contributed by atoms with van der Waals surface area (Å²) in [5.74, 6) is -0.813. The van der Waals surface area contributed by atoms with Crippen LogP contribution in [0.4, 0.5) is 5.69 Å². The molecule has 0 saturated heterocycles. The molecule has 0 radical (unpaired) electrons. The van der Waals surface area contributed by atoms with E-state index in [2.05, 4.69) is 5.10 Å². The Kier molecular flexibility index (Phi) is 7.13. The highest BCUT2D eigenvalue weighted by Crippen LogP contribution is 2.16. The van der Waals surface area contributed by atoms with Gasteiger partial charge < -0.3 is 4.90 Å². The van der Waals surface area contributed by atoms with Crippen LogP contribution >= 0.6 is 0 Å². The van der Waals surface area contributed by atoms with Gasteiger partial charge in [0.2, 0.25) is 0 Å². The van der Waals surface area contributed by atoms with Gasteiger partial charge >= 0.3 is 0 Å². The fourth-order valence-electron chi connectivity index (χ4n) is 2.89. The van der Waals surface area contributed by atoms with Crippen molar-refractivity contribution in [1.29, 1.82) is 0 Å². The quantitative estimate of drug-likeness (QED) is 0.350. The molecule has 0 bridgehead atoms. The van der Waals surface area contributed by atoms with Gasteiger partial charge in [-0.2, -0.15) is 5.10 Å². The molecule has 3 rings (SSSR count). The van der Waals surface area contributed by atoms with E-state index in [1.807, 2.05) is 61.5 Å². The number of hydrazone groups is 1. The third-order valence-corrected chi connectivity index (χ3v) is 4.66. The van der Waals surface area contributed by atoms with Crippen LogP contribution in [0.5, 0.6) is 0 Å². The van der Waals surface area contributed by atoms with Crippen LogP contribution in [0, 0.1) is 0 Å². The lowest BCUT2D eigenvalue weighted by Gasteiger charge is -2.18. The van der Waals surface area contributed by atoms with Gasteiger partial charge in [0, 0.05) is 30.9 Å². The Labute approximate surface area is 181 Å². The highest BCUT2D eigenvalue weighted by Gasteiger charge is 2.16. The van der Waals surface area contributed by atoms with Crippen LogP contribution in [-0.4, -0.2) is 42.3 Å². The average molecular weight is 416 g/mol. The van der Waals surface area contributed by atoms with Crippen molar-refractivity contribution < 1.29 is 14.8 Å². The molecule has 0 aromatic heterocycles. The minimum Gasteiger partial charge on any atom is -0.378 e. The number of hydrogen-bond acceptors (Lipinski definition) is 5. The zero-order chi connectivity index (χ0) is 22.2. The maximum Gasteiger partial charge on any atom is 0.274 e. The second-order valence-corrected chi connectivity index (χ2v) is 7.10. The molecule has 0 unspecified atom stereocenters. The van der Waals surface area contributed by atoms with Crippen LogP contribution < -0.4 is 10.4 Å². The molecule has 0 saturated carbocycles. The number of carbonyl (C=O) groups excluding carboxylic acids is 2. The van der Waals surface area contributed by atoms with E-state index in [0.717, 1.165) is 11.3 Å². The lowest BCUT2D eigenvalue weighted by Crippen LogP contribution is -2.26. The number of carbonyl (C=O) groups is 2. The van der Waals surface area contributed by atoms with E-state index >= 15 is 0 Å². The summed E-state index contributed by atoms with van der Waals surface area (Å²) in [5, 5.41) is 14.5. The number of hydroxylamine groups is 1. The highest BCUT2D eigenvalue weighted by atomic mass is 16.5. The maximum absolute atomic E-state index is 13.2. The van der Waals surface area contributed by atoms with Crippen LogP contribution in [0.15, 0.2) is 84.0 Å². The first kappa shape index (κ1) is 21.7. The minimum absolute atomic E-state index is 0.221. The molecule has 0 fully saturated rings. The van der Waals surface area contributed by atoms with Crippen LogP contribution in [0.1, 0.15) is 31.8 Å². The molecule has 158 valence electrons. The zero-order valence-electron chi connectivity index (χ0n) is 17.4. The molecule has 0 aliphatic rings. The second-order valence-electron chi connectivity index (χ2n) is 7.10. The van der Waals surface area contributed by atoms with Gasteiger partial charge in [-0.15, -0.1) is 0 Å². The Balaban J connectivity index is 1.84. The predicted octanol–water partition coefficient (Wildman–Crippen LogP) is 3.55. The summed E-state index contributed by atoms with van der Waals surface area (Å²) in [6.45, 7) is 0.316. The number of benzene rings is 3. The molecule has 31 heavy (non-hydrogen) atoms. The first-order chi connectivity index (χ1) is 15.0. The minimum atomic E-state index is -0.592. The molecule has 0 heterocycles. The number of amides is 2. The van der Waals surface area contributed by atoms with Gasteiger partial charge in [-0.05, 0) is 47.5 Å². The number of hydrogen-bond donors (Lipinski definition) is 2. The number of nitrogens with one attached hydrogen (secondary N) is 1. The summed E-state index contributed by atoms with van der Waals surface area (Å²) >= 11 is 0. The van der Waals surface area contributed by atoms with E-state index in [1.54, 1.807) is 48.1 Å². The molecule has 3 aromatic carbocycles. The van der Waals surface area contributed by atoms with Crippen molar-refractivity contribution in [2.24, 2.45) is 5.10 Å². The first-order valence-electron chi connectivity index (χ1n) is 9.69. The molecular weight excluding hydrogens is 392 g/mol. The van der Waals surface area contributed by atoms with Crippen molar-refractivity contribution in [1.82, 2.24) is 10.5 Å². The molecule has 0 spiro atoms. The van der Waals surface area contributed by atoms with E-state index in [1.165, 1.54) is 5.01 Å². The van der Waals surface area contributed by atoms with Crippen molar-refractivity contribution in [3.05, 3.63) is 101 Å². The Morgan fingerprint density at radius 1 is 0.903 bits per heavy atom. The van der Waals surface area contributed by atoms with Crippen LogP contribution in [0.25, 0.3) is 0 Å². The third-order valence-electron chi connectivity index (χ3n) is 4.66. The summed E-state index contributed by atoms with van der Waals surface area (Å²) in [6.07, 6.45) is 1.57. The van der Waals surface area contributed by atoms with Crippen molar-refractivity contribution >= 4 is 23.7 Å². The van der Waals surface area contributed by atoms with Gasteiger partial charge in [0.15, 0.2) is 0 Å². The highest BCUT2D eigenvalue weighted by molar-refractivity contribution is 5.96. The summed E-state index contributed by atoms with van der Waals surface area (Å²) in [7, 11) is 3.89. The Bertz CT molecular complexity index is 1050. The Hall–Kier alpha value is -3.97. The molecule has 7 heteroatoms. The normalized spacial score (nSPS) is 10.7. The molecule has 2 amide bonds. The van der Waals surface area contributed by atoms with E-state index in [-0.39, 0.29) is 5.91 Å². The van der Waals surface area contributed by atoms with Gasteiger partial charge in [-0.25, -0.2) is 10.5 Å². The van der Waals surface area contributed by atoms with Crippen molar-refractivity contribution in [2.45, 2.75) is 6.54 Å². The van der Waals surface area contributed by atoms with Crippen molar-refractivity contribution in [2.75, 3.05) is 19.0 Å². The Morgan fingerprint density at radius 2 is 1.52 bits per heavy atom. The second kappa shape index (κ2) is 10.2. The van der Waals surface area contributed by atoms with Crippen LogP contribution in [0.2, 0.25) is 0 Å². The zero-order valence-corrected chi connectivity index (χ0v) is 17.4. The lowest BCUT2D eigenvalue weighted by atomic mass is 10.1. The molecule has 7 nitrogen and oxygen atoms in total. The van der Waals surface area contributed by atoms with Gasteiger partial charge in [0.05, 0.1) is 12.8 Å². The number of nitrogens with zero attached hydrogens (tertiary/aromatic N) is 3. The largest absolute Gasteiger partial charge is 0.378 e. The fraction of sp³-hybridized carbons (Fsp3) is 0.125. The average Bonchev–Trinajstić information content (AvgIpc) is 2.81. The smallest absolute Gasteiger partial charge is 0.274 e. The summed E-state index contributed by atoms with van der Waals surface area (Å²) in [6, 6.07) is 23.5. The van der Waals surface area contributed by atoms with E-state index in [4.69, 9.17) is 5.21 Å². The van der Waals surface area contributed by atoms with Crippen molar-refractivity contribution in [3.63, 3.8) is 0 Å². The standard InChI is InChI=1S/C24H24N4O3/c1-27(2)22-14-12-21(13-15-22)24(30)28(17-19-6-4-3-5-7-19)25-16-18-8-10-20(11-9-18)23(29)26-31/h3-16,31H,17H2,1-2H3,(H,26,29)/b25-16+. The molecule has 0 aliphatic carbocycles. The number of rotatable bonds is 7. The van der Waals surface area contributed by atoms with Gasteiger partial charge in [-0.3, -0.25) is 14.8 Å². The molecule has 2 N–H and O–H groups in total. The van der Waals surface area contributed by atoms with E-state index < -0.39 is 5.91 Å². The fourth-order valence-corrected chi connectivity index (χ4v) is 2.89. The monoisotopic (exact) mass is 416 g/mol.